The van der Waals surface area contributed by atoms with Crippen LogP contribution in [0, 0.1) is 40.4 Å². The second kappa shape index (κ2) is 10.3. The van der Waals surface area contributed by atoms with Crippen LogP contribution in [0.1, 0.15) is 100 Å². The van der Waals surface area contributed by atoms with Crippen LogP contribution >= 0.6 is 0 Å². The van der Waals surface area contributed by atoms with E-state index in [1.54, 1.807) is 6.92 Å². The van der Waals surface area contributed by atoms with Gasteiger partial charge in [-0.1, -0.05) is 39.7 Å². The number of esters is 1. The predicted octanol–water partition coefficient (Wildman–Crippen LogP) is 8.71. The molecule has 0 spiro atoms. The molecule has 4 aliphatic rings. The first-order valence-corrected chi connectivity index (χ1v) is 14.3. The predicted molar refractivity (Wildman–Crippen MR) is 135 cm³/mol. The Morgan fingerprint density at radius 1 is 1.07 bits per heavy atom. The van der Waals surface area contributed by atoms with Gasteiger partial charge in [0.25, 0.3) is 5.67 Å². The monoisotopic (exact) mass is 583 g/mol. The average Bonchev–Trinajstić information content (AvgIpc) is 3.09. The molecule has 40 heavy (non-hydrogen) atoms. The maximum Gasteiger partial charge on any atom is 0.431 e. The van der Waals surface area contributed by atoms with E-state index in [1.807, 2.05) is 6.92 Å². The van der Waals surface area contributed by atoms with Crippen molar-refractivity contribution in [1.29, 1.82) is 0 Å². The Morgan fingerprint density at radius 3 is 2.27 bits per heavy atom. The number of rotatable bonds is 6. The fourth-order valence-electron chi connectivity index (χ4n) is 8.91. The first-order chi connectivity index (χ1) is 18.7. The van der Waals surface area contributed by atoms with E-state index < -0.39 is 42.2 Å². The number of fused-ring (bicyclic) bond motifs is 4. The molecular weight excluding hydrogens is 541 g/mol. The summed E-state index contributed by atoms with van der Waals surface area (Å²) in [7, 11) is 0. The van der Waals surface area contributed by atoms with Gasteiger partial charge in [0, 0.05) is 20.3 Å². The molecule has 0 N–H and O–H groups in total. The van der Waals surface area contributed by atoms with Gasteiger partial charge < -0.3 is 4.74 Å². The van der Waals surface area contributed by atoms with Crippen LogP contribution < -0.4 is 0 Å². The van der Waals surface area contributed by atoms with Crippen LogP contribution in [0.5, 0.6) is 0 Å². The summed E-state index contributed by atoms with van der Waals surface area (Å²) in [5, 5.41) is 0. The zero-order valence-corrected chi connectivity index (χ0v) is 23.8. The summed E-state index contributed by atoms with van der Waals surface area (Å²) >= 11 is 0. The summed E-state index contributed by atoms with van der Waals surface area (Å²) in [5.41, 5.74) is -4.21. The number of alkyl halides is 7. The van der Waals surface area contributed by atoms with E-state index in [4.69, 9.17) is 6.11 Å². The van der Waals surface area contributed by atoms with Gasteiger partial charge >= 0.3 is 18.3 Å². The lowest BCUT2D eigenvalue weighted by atomic mass is 9.47. The fourth-order valence-corrected chi connectivity index (χ4v) is 8.91. The molecule has 10 heteroatoms. The summed E-state index contributed by atoms with van der Waals surface area (Å²) in [5.74, 6) is -0.616. The summed E-state index contributed by atoms with van der Waals surface area (Å²) in [6, 6.07) is 0. The molecule has 3 nitrogen and oxygen atoms in total. The molecule has 0 amide bonds. The minimum absolute atomic E-state index is 0.0292. The van der Waals surface area contributed by atoms with Gasteiger partial charge in [-0.25, -0.2) is 4.39 Å². The number of Topliss-reactive ketones (excluding diaryl/α,β-unsaturated/α-hetero) is 1. The highest BCUT2D eigenvalue weighted by molar-refractivity contribution is 6.00. The average molecular weight is 584 g/mol. The number of carbonyl (C=O) groups excluding carboxylic acids is 2. The molecule has 0 radical (unpaired) electrons. The third-order valence-electron chi connectivity index (χ3n) is 11.0. The number of halogens is 7. The van der Waals surface area contributed by atoms with Crippen LogP contribution in [0.3, 0.4) is 0 Å². The summed E-state index contributed by atoms with van der Waals surface area (Å²) < 4.78 is 106. The van der Waals surface area contributed by atoms with Gasteiger partial charge in [-0.3, -0.25) is 9.59 Å². The molecular formula is C30H41F7O3. The maximum atomic E-state index is 14.3. The Kier molecular flexibility index (Phi) is 7.68. The molecule has 0 aromatic rings. The fraction of sp³-hybridized carbons (Fsp3) is 0.867. The van der Waals surface area contributed by atoms with E-state index in [0.29, 0.717) is 12.3 Å². The summed E-state index contributed by atoms with van der Waals surface area (Å²) in [6.07, 6.45) is -12.0. The number of ketones is 1. The van der Waals surface area contributed by atoms with Gasteiger partial charge in [0.2, 0.25) is 0 Å². The maximum absolute atomic E-state index is 14.3. The van der Waals surface area contributed by atoms with Crippen LogP contribution in [0.15, 0.2) is 11.1 Å². The molecule has 3 fully saturated rings. The molecule has 0 saturated heterocycles. The van der Waals surface area contributed by atoms with Crippen LogP contribution in [0.2, 0.25) is 0 Å². The topological polar surface area (TPSA) is 43.4 Å². The van der Waals surface area contributed by atoms with Crippen molar-refractivity contribution in [2.75, 3.05) is 0 Å². The number of carbonyl (C=O) groups is 2. The van der Waals surface area contributed by atoms with Gasteiger partial charge in [0.05, 0.1) is 0 Å². The number of allylic oxidation sites excluding steroid dienone is 2. The third kappa shape index (κ3) is 5.01. The van der Waals surface area contributed by atoms with Crippen LogP contribution in [-0.2, 0) is 14.3 Å². The molecule has 0 aliphatic heterocycles. The zero-order valence-electron chi connectivity index (χ0n) is 24.8. The third-order valence-corrected chi connectivity index (χ3v) is 11.0. The number of hydrogen-bond acceptors (Lipinski definition) is 3. The van der Waals surface area contributed by atoms with Gasteiger partial charge in [0.15, 0.2) is 5.78 Å². The normalized spacial score (nSPS) is 38.6. The standard InChI is InChI=1S/C30H41F7O3/c1-16(7-6-10-28(31,29(32,33)34)30(35,36)37)22-15-23(39)25-24-17(2)13-19-14-20(40-18(3)38)8-11-26(19,4)21(24)9-12-27(22,25)5/h16-17,19-22H,6-15H2,1-5H3/t16-,17-,19+,20+,21+,22-,26+,27-/m1/s1/i6D/t6-,16+,17+,19-,20-,21-,22+,26-,27+/m0. The molecule has 228 valence electrons. The van der Waals surface area contributed by atoms with Crippen LogP contribution in [-0.4, -0.2) is 35.9 Å². The molecule has 4 aliphatic carbocycles. The number of ether oxygens (including phenoxy) is 1. The summed E-state index contributed by atoms with van der Waals surface area (Å²) in [4.78, 5) is 25.2. The Bertz CT molecular complexity index is 1070. The quantitative estimate of drug-likeness (QED) is 0.232. The Balaban J connectivity index is 1.57. The van der Waals surface area contributed by atoms with E-state index in [2.05, 4.69) is 13.8 Å². The van der Waals surface area contributed by atoms with Crippen molar-refractivity contribution in [3.8, 4) is 0 Å². The second-order valence-electron chi connectivity index (χ2n) is 13.4. The van der Waals surface area contributed by atoms with Gasteiger partial charge in [0.1, 0.15) is 6.10 Å². The molecule has 9 atom stereocenters. The van der Waals surface area contributed by atoms with Crippen molar-refractivity contribution in [3.63, 3.8) is 0 Å². The SMILES string of the molecule is [2H][C@@H](C[C@@H](C)[C@H]1CC(=O)C2=C3[C@H](C)C[C@H]4C[C@@H](OC(C)=O)CC[C@]4(C)[C@H]3CC[C@@]21C)CC(F)(C(F)(F)F)C(F)(F)F. The zero-order chi connectivity index (χ0) is 30.9. The van der Waals surface area contributed by atoms with Gasteiger partial charge in [-0.05, 0) is 91.8 Å². The van der Waals surface area contributed by atoms with Crippen molar-refractivity contribution in [3.05, 3.63) is 11.1 Å². The Labute approximate surface area is 233 Å². The molecule has 3 saturated carbocycles. The second-order valence-corrected chi connectivity index (χ2v) is 13.4. The molecule has 0 unspecified atom stereocenters. The van der Waals surface area contributed by atoms with Crippen molar-refractivity contribution in [2.45, 2.75) is 123 Å². The first-order valence-electron chi connectivity index (χ1n) is 14.9. The smallest absolute Gasteiger partial charge is 0.431 e. The van der Waals surface area contributed by atoms with E-state index in [9.17, 15) is 40.3 Å². The van der Waals surface area contributed by atoms with E-state index in [-0.39, 0.29) is 53.9 Å². The van der Waals surface area contributed by atoms with Crippen molar-refractivity contribution in [1.82, 2.24) is 0 Å². The largest absolute Gasteiger partial charge is 0.463 e. The van der Waals surface area contributed by atoms with Gasteiger partial charge in [-0.15, -0.1) is 0 Å². The Hall–Kier alpha value is -1.61. The molecule has 0 bridgehead atoms. The lowest BCUT2D eigenvalue weighted by Gasteiger charge is -2.58. The lowest BCUT2D eigenvalue weighted by molar-refractivity contribution is -0.343. The number of hydrogen-bond donors (Lipinski definition) is 0. The molecule has 4 rings (SSSR count). The Morgan fingerprint density at radius 2 is 1.70 bits per heavy atom. The first kappa shape index (κ1) is 29.9. The minimum atomic E-state index is -6.18. The van der Waals surface area contributed by atoms with Crippen molar-refractivity contribution >= 4 is 11.8 Å². The van der Waals surface area contributed by atoms with E-state index >= 15 is 0 Å². The van der Waals surface area contributed by atoms with Crippen molar-refractivity contribution in [2.24, 2.45) is 40.4 Å². The highest BCUT2D eigenvalue weighted by Crippen LogP contribution is 2.66. The van der Waals surface area contributed by atoms with Crippen molar-refractivity contribution < 1.29 is 46.4 Å². The minimum Gasteiger partial charge on any atom is -0.463 e. The highest BCUT2D eigenvalue weighted by atomic mass is 19.4. The van der Waals surface area contributed by atoms with E-state index in [1.165, 1.54) is 6.92 Å². The molecule has 0 aromatic heterocycles. The van der Waals surface area contributed by atoms with Crippen LogP contribution in [0.4, 0.5) is 30.7 Å². The van der Waals surface area contributed by atoms with Gasteiger partial charge in [-0.2, -0.15) is 26.3 Å². The van der Waals surface area contributed by atoms with E-state index in [0.717, 1.165) is 43.3 Å². The molecule has 0 heterocycles. The molecule has 0 aromatic carbocycles. The lowest BCUT2D eigenvalue weighted by Crippen LogP contribution is -2.53. The van der Waals surface area contributed by atoms with Crippen LogP contribution in [0.25, 0.3) is 0 Å². The summed E-state index contributed by atoms with van der Waals surface area (Å²) in [6.45, 7) is 9.41. The highest BCUT2D eigenvalue weighted by Gasteiger charge is 2.71.